The quantitative estimate of drug-likeness (QED) is 0.355. The Morgan fingerprint density at radius 1 is 1.30 bits per heavy atom. The van der Waals surface area contributed by atoms with E-state index in [2.05, 4.69) is 36.5 Å². The van der Waals surface area contributed by atoms with Gasteiger partial charge in [0.25, 0.3) is 11.8 Å². The molecule has 0 saturated carbocycles. The van der Waals surface area contributed by atoms with E-state index in [-0.39, 0.29) is 17.6 Å². The van der Waals surface area contributed by atoms with E-state index in [1.165, 1.54) is 0 Å². The van der Waals surface area contributed by atoms with Crippen molar-refractivity contribution in [2.24, 2.45) is 10.7 Å². The molecule has 5 N–H and O–H groups in total. The number of guanidine groups is 1. The molecular formula is C11H9BBrN5O2. The number of carbonyl (C=O) groups excluding carboxylic acids is 2. The Kier molecular flexibility index (Phi) is 2.93. The molecular weight excluding hydrogens is 325 g/mol. The van der Waals surface area contributed by atoms with Gasteiger partial charge in [-0.25, -0.2) is 4.99 Å². The molecule has 0 unspecified atom stereocenters. The first-order valence-electron chi connectivity index (χ1n) is 5.83. The van der Waals surface area contributed by atoms with E-state index in [1.54, 1.807) is 0 Å². The van der Waals surface area contributed by atoms with Gasteiger partial charge in [0.05, 0.1) is 4.60 Å². The lowest BCUT2D eigenvalue weighted by Gasteiger charge is -2.07. The Hall–Kier alpha value is -2.03. The molecule has 3 heterocycles. The standard InChI is InChI=1S/C11H9BBrN5O2/c12-5-4-3(6-10(20)18-11(14)17-6)1-2-15-9(19)7(4)16-8(5)13/h16H,1-2H2,(H,15,19)(H3,14,17,18,20)/b6-3+. The summed E-state index contributed by atoms with van der Waals surface area (Å²) in [4.78, 5) is 30.7. The molecule has 0 aromatic carbocycles. The molecule has 9 heteroatoms. The summed E-state index contributed by atoms with van der Waals surface area (Å²) in [5.74, 6) is -0.631. The van der Waals surface area contributed by atoms with Gasteiger partial charge >= 0.3 is 0 Å². The summed E-state index contributed by atoms with van der Waals surface area (Å²) < 4.78 is 0.494. The van der Waals surface area contributed by atoms with Gasteiger partial charge in [0.1, 0.15) is 19.2 Å². The monoisotopic (exact) mass is 333 g/mol. The fourth-order valence-corrected chi connectivity index (χ4v) is 2.69. The van der Waals surface area contributed by atoms with E-state index >= 15 is 0 Å². The van der Waals surface area contributed by atoms with Crippen molar-refractivity contribution < 1.29 is 9.59 Å². The van der Waals surface area contributed by atoms with Gasteiger partial charge in [-0.15, -0.1) is 0 Å². The SMILES string of the molecule is [B]c1c(Br)[nH]c2c1/C(=C1/N=C(N)NC1=O)CCNC2=O. The van der Waals surface area contributed by atoms with Crippen molar-refractivity contribution in [3.05, 3.63) is 21.6 Å². The zero-order valence-electron chi connectivity index (χ0n) is 10.2. The van der Waals surface area contributed by atoms with Crippen LogP contribution in [0.4, 0.5) is 0 Å². The molecule has 2 aliphatic heterocycles. The summed E-state index contributed by atoms with van der Waals surface area (Å²) in [6.07, 6.45) is 0.437. The molecule has 20 heavy (non-hydrogen) atoms. The van der Waals surface area contributed by atoms with Gasteiger partial charge in [-0.2, -0.15) is 0 Å². The summed E-state index contributed by atoms with van der Waals surface area (Å²) in [7, 11) is 5.99. The topological polar surface area (TPSA) is 112 Å². The second kappa shape index (κ2) is 4.52. The molecule has 0 saturated heterocycles. The molecule has 100 valence electrons. The maximum Gasteiger partial charge on any atom is 0.277 e. The van der Waals surface area contributed by atoms with Crippen LogP contribution in [0.5, 0.6) is 0 Å². The molecule has 2 radical (unpaired) electrons. The highest BCUT2D eigenvalue weighted by Gasteiger charge is 2.30. The number of fused-ring (bicyclic) bond motifs is 1. The third kappa shape index (κ3) is 1.85. The molecule has 1 aromatic rings. The number of nitrogens with two attached hydrogens (primary N) is 1. The third-order valence-electron chi connectivity index (χ3n) is 3.15. The van der Waals surface area contributed by atoms with E-state index in [0.29, 0.717) is 39.9 Å². The van der Waals surface area contributed by atoms with E-state index in [4.69, 9.17) is 13.6 Å². The summed E-state index contributed by atoms with van der Waals surface area (Å²) in [5.41, 5.74) is 7.46. The van der Waals surface area contributed by atoms with Crippen LogP contribution in [0, 0.1) is 0 Å². The average molecular weight is 334 g/mol. The molecule has 2 aliphatic rings. The number of hydrogen-bond donors (Lipinski definition) is 4. The zero-order valence-corrected chi connectivity index (χ0v) is 11.8. The van der Waals surface area contributed by atoms with E-state index in [0.717, 1.165) is 0 Å². The van der Waals surface area contributed by atoms with Crippen molar-refractivity contribution in [1.29, 1.82) is 0 Å². The molecule has 7 nitrogen and oxygen atoms in total. The van der Waals surface area contributed by atoms with Crippen LogP contribution in [0.1, 0.15) is 22.5 Å². The smallest absolute Gasteiger partial charge is 0.277 e. The number of nitrogens with zero attached hydrogens (tertiary/aromatic N) is 1. The highest BCUT2D eigenvalue weighted by molar-refractivity contribution is 9.10. The van der Waals surface area contributed by atoms with Crippen LogP contribution in [0.15, 0.2) is 15.3 Å². The van der Waals surface area contributed by atoms with Gasteiger partial charge in [-0.05, 0) is 27.9 Å². The van der Waals surface area contributed by atoms with Gasteiger partial charge in [0.2, 0.25) is 5.96 Å². The molecule has 2 amide bonds. The lowest BCUT2D eigenvalue weighted by Crippen LogP contribution is -2.30. The van der Waals surface area contributed by atoms with Crippen molar-refractivity contribution in [3.8, 4) is 0 Å². The minimum atomic E-state index is -0.394. The first-order valence-corrected chi connectivity index (χ1v) is 6.62. The van der Waals surface area contributed by atoms with Crippen molar-refractivity contribution in [2.75, 3.05) is 6.54 Å². The van der Waals surface area contributed by atoms with Gasteiger partial charge in [0.15, 0.2) is 0 Å². The van der Waals surface area contributed by atoms with Gasteiger partial charge in [0, 0.05) is 12.1 Å². The number of aliphatic imine (C=N–C) groups is 1. The Balaban J connectivity index is 2.29. The van der Waals surface area contributed by atoms with Gasteiger partial charge in [-0.1, -0.05) is 5.46 Å². The number of aromatic nitrogens is 1. The molecule has 0 aliphatic carbocycles. The lowest BCUT2D eigenvalue weighted by atomic mass is 9.87. The van der Waals surface area contributed by atoms with Gasteiger partial charge in [-0.3, -0.25) is 14.9 Å². The van der Waals surface area contributed by atoms with E-state index in [1.807, 2.05) is 0 Å². The minimum absolute atomic E-state index is 0.0377. The van der Waals surface area contributed by atoms with E-state index in [9.17, 15) is 9.59 Å². The Morgan fingerprint density at radius 3 is 2.70 bits per heavy atom. The summed E-state index contributed by atoms with van der Waals surface area (Å²) in [6.45, 7) is 0.389. The second-order valence-corrected chi connectivity index (χ2v) is 5.18. The first-order chi connectivity index (χ1) is 9.49. The number of hydrogen-bond acceptors (Lipinski definition) is 4. The van der Waals surface area contributed by atoms with Crippen molar-refractivity contribution >= 4 is 52.6 Å². The van der Waals surface area contributed by atoms with Crippen LogP contribution in [0.2, 0.25) is 0 Å². The highest BCUT2D eigenvalue weighted by Crippen LogP contribution is 2.29. The number of rotatable bonds is 0. The predicted octanol–water partition coefficient (Wildman–Crippen LogP) is -1.14. The summed E-state index contributed by atoms with van der Waals surface area (Å²) in [5, 5.41) is 5.14. The Morgan fingerprint density at radius 2 is 2.05 bits per heavy atom. The normalized spacial score (nSPS) is 21.9. The van der Waals surface area contributed by atoms with E-state index < -0.39 is 5.91 Å². The fourth-order valence-electron chi connectivity index (χ4n) is 2.30. The molecule has 0 spiro atoms. The lowest BCUT2D eigenvalue weighted by molar-refractivity contribution is -0.115. The largest absolute Gasteiger partial charge is 0.369 e. The van der Waals surface area contributed by atoms with Crippen LogP contribution in [0.3, 0.4) is 0 Å². The number of aromatic amines is 1. The Labute approximate surface area is 123 Å². The predicted molar refractivity (Wildman–Crippen MR) is 77.5 cm³/mol. The first kappa shape index (κ1) is 13.0. The van der Waals surface area contributed by atoms with Crippen LogP contribution >= 0.6 is 15.9 Å². The van der Waals surface area contributed by atoms with Crippen LogP contribution in [-0.2, 0) is 4.79 Å². The third-order valence-corrected chi connectivity index (χ3v) is 3.78. The molecule has 0 fully saturated rings. The van der Waals surface area contributed by atoms with Crippen molar-refractivity contribution in [1.82, 2.24) is 15.6 Å². The minimum Gasteiger partial charge on any atom is -0.369 e. The number of amides is 2. The van der Waals surface area contributed by atoms with Crippen LogP contribution in [0.25, 0.3) is 5.57 Å². The summed E-state index contributed by atoms with van der Waals surface area (Å²) in [6, 6.07) is 0. The molecule has 0 atom stereocenters. The number of nitrogens with one attached hydrogen (secondary N) is 3. The van der Waals surface area contributed by atoms with Crippen molar-refractivity contribution in [3.63, 3.8) is 0 Å². The maximum absolute atomic E-state index is 12.0. The number of H-pyrrole nitrogens is 1. The molecule has 3 rings (SSSR count). The zero-order chi connectivity index (χ0) is 14.4. The fraction of sp³-hybridized carbons (Fsp3) is 0.182. The number of carbonyl (C=O) groups is 2. The summed E-state index contributed by atoms with van der Waals surface area (Å²) >= 11 is 3.25. The van der Waals surface area contributed by atoms with Crippen LogP contribution < -0.4 is 21.8 Å². The number of halogens is 1. The second-order valence-electron chi connectivity index (χ2n) is 4.39. The molecule has 1 aromatic heterocycles. The van der Waals surface area contributed by atoms with Gasteiger partial charge < -0.3 is 16.0 Å². The highest BCUT2D eigenvalue weighted by atomic mass is 79.9. The Bertz CT molecular complexity index is 706. The van der Waals surface area contributed by atoms with Crippen molar-refractivity contribution in [2.45, 2.75) is 6.42 Å². The maximum atomic E-state index is 12.0. The average Bonchev–Trinajstić information content (AvgIpc) is 2.81. The molecule has 0 bridgehead atoms. The van der Waals surface area contributed by atoms with Crippen LogP contribution in [-0.4, -0.2) is 37.1 Å².